The van der Waals surface area contributed by atoms with E-state index in [-0.39, 0.29) is 18.1 Å². The van der Waals surface area contributed by atoms with Crippen molar-refractivity contribution >= 4 is 0 Å². The highest BCUT2D eigenvalue weighted by molar-refractivity contribution is 4.76. The first-order chi connectivity index (χ1) is 4.88. The van der Waals surface area contributed by atoms with Gasteiger partial charge in [-0.3, -0.25) is 0 Å². The highest BCUT2D eigenvalue weighted by atomic mass is 16.3. The minimum Gasteiger partial charge on any atom is -0.395 e. The summed E-state index contributed by atoms with van der Waals surface area (Å²) < 4.78 is 0. The largest absolute Gasteiger partial charge is 0.395 e. The Morgan fingerprint density at radius 1 is 1.36 bits per heavy atom. The van der Waals surface area contributed by atoms with Crippen molar-refractivity contribution in [1.29, 1.82) is 0 Å². The lowest BCUT2D eigenvalue weighted by Crippen LogP contribution is -2.35. The van der Waals surface area contributed by atoms with Crippen LogP contribution in [0.1, 0.15) is 27.2 Å². The zero-order valence-corrected chi connectivity index (χ0v) is 7.54. The molecule has 0 radical (unpaired) electrons. The smallest absolute Gasteiger partial charge is 0.0604 e. The summed E-state index contributed by atoms with van der Waals surface area (Å²) in [6, 6.07) is -0.302. The third kappa shape index (κ3) is 4.35. The van der Waals surface area contributed by atoms with Crippen LogP contribution in [0.15, 0.2) is 0 Å². The second kappa shape index (κ2) is 4.04. The van der Waals surface area contributed by atoms with Gasteiger partial charge in [0.1, 0.15) is 0 Å². The van der Waals surface area contributed by atoms with E-state index in [0.29, 0.717) is 6.42 Å². The van der Waals surface area contributed by atoms with Gasteiger partial charge < -0.3 is 15.9 Å². The van der Waals surface area contributed by atoms with E-state index in [1.807, 2.05) is 20.8 Å². The molecule has 4 N–H and O–H groups in total. The molecule has 0 aromatic rings. The molecule has 0 aliphatic carbocycles. The molecule has 0 spiro atoms. The Labute approximate surface area is 68.2 Å². The number of aliphatic hydroxyl groups excluding tert-OH is 2. The molecule has 0 aliphatic rings. The van der Waals surface area contributed by atoms with Crippen LogP contribution in [0.2, 0.25) is 0 Å². The van der Waals surface area contributed by atoms with Crippen LogP contribution in [0.4, 0.5) is 0 Å². The normalized spacial score (nSPS) is 18.0. The van der Waals surface area contributed by atoms with Gasteiger partial charge in [0.05, 0.1) is 12.7 Å². The van der Waals surface area contributed by atoms with E-state index in [1.54, 1.807) is 0 Å². The van der Waals surface area contributed by atoms with E-state index in [0.717, 1.165) is 0 Å². The van der Waals surface area contributed by atoms with Gasteiger partial charge in [-0.2, -0.15) is 0 Å². The summed E-state index contributed by atoms with van der Waals surface area (Å²) in [5.74, 6) is 0. The summed E-state index contributed by atoms with van der Waals surface area (Å²) >= 11 is 0. The van der Waals surface area contributed by atoms with Crippen molar-refractivity contribution in [2.75, 3.05) is 6.61 Å². The molecule has 0 aromatic heterocycles. The number of aliphatic hydroxyl groups is 2. The van der Waals surface area contributed by atoms with Crippen molar-refractivity contribution in [2.24, 2.45) is 11.1 Å². The van der Waals surface area contributed by atoms with Crippen LogP contribution in [0.5, 0.6) is 0 Å². The van der Waals surface area contributed by atoms with Crippen LogP contribution in [0.3, 0.4) is 0 Å². The van der Waals surface area contributed by atoms with Crippen LogP contribution in [0, 0.1) is 5.41 Å². The fraction of sp³-hybridized carbons (Fsp3) is 1.00. The molecule has 11 heavy (non-hydrogen) atoms. The number of hydrogen-bond acceptors (Lipinski definition) is 3. The van der Waals surface area contributed by atoms with Gasteiger partial charge in [-0.15, -0.1) is 0 Å². The van der Waals surface area contributed by atoms with Crippen molar-refractivity contribution in [2.45, 2.75) is 39.3 Å². The van der Waals surface area contributed by atoms with Crippen LogP contribution >= 0.6 is 0 Å². The molecule has 68 valence electrons. The first kappa shape index (κ1) is 10.9. The molecule has 0 saturated carbocycles. The van der Waals surface area contributed by atoms with Crippen molar-refractivity contribution in [1.82, 2.24) is 0 Å². The summed E-state index contributed by atoms with van der Waals surface area (Å²) in [5, 5.41) is 18.1. The Bertz CT molecular complexity index is 109. The molecule has 0 saturated heterocycles. The highest BCUT2D eigenvalue weighted by Gasteiger charge is 2.23. The summed E-state index contributed by atoms with van der Waals surface area (Å²) in [4.78, 5) is 0. The Morgan fingerprint density at radius 2 is 1.82 bits per heavy atom. The third-order valence-corrected chi connectivity index (χ3v) is 1.76. The van der Waals surface area contributed by atoms with Crippen LogP contribution in [-0.4, -0.2) is 29.0 Å². The molecule has 0 bridgehead atoms. The maximum Gasteiger partial charge on any atom is 0.0604 e. The van der Waals surface area contributed by atoms with Gasteiger partial charge >= 0.3 is 0 Å². The van der Waals surface area contributed by atoms with E-state index in [1.165, 1.54) is 0 Å². The van der Waals surface area contributed by atoms with Crippen molar-refractivity contribution < 1.29 is 10.2 Å². The van der Waals surface area contributed by atoms with E-state index in [4.69, 9.17) is 10.8 Å². The predicted octanol–water partition coefficient (Wildman–Crippen LogP) is 0.103. The topological polar surface area (TPSA) is 66.5 Å². The fourth-order valence-corrected chi connectivity index (χ4v) is 0.715. The maximum atomic E-state index is 9.50. The van der Waals surface area contributed by atoms with Crippen LogP contribution in [-0.2, 0) is 0 Å². The standard InChI is InChI=1S/C8H19NO2/c1-8(2,3)7(11)4-6(9)5-10/h6-7,10-11H,4-5,9H2,1-3H3/t6-,7+/m1/s1. The van der Waals surface area contributed by atoms with Crippen molar-refractivity contribution in [3.05, 3.63) is 0 Å². The van der Waals surface area contributed by atoms with Gasteiger partial charge in [-0.05, 0) is 11.8 Å². The van der Waals surface area contributed by atoms with E-state index < -0.39 is 6.10 Å². The van der Waals surface area contributed by atoms with Gasteiger partial charge in [0, 0.05) is 6.04 Å². The van der Waals surface area contributed by atoms with Crippen LogP contribution in [0.25, 0.3) is 0 Å². The van der Waals surface area contributed by atoms with Gasteiger partial charge in [-0.1, -0.05) is 20.8 Å². The molecule has 0 fully saturated rings. The van der Waals surface area contributed by atoms with Gasteiger partial charge in [0.15, 0.2) is 0 Å². The lowest BCUT2D eigenvalue weighted by atomic mass is 9.86. The Morgan fingerprint density at radius 3 is 2.09 bits per heavy atom. The molecular weight excluding hydrogens is 142 g/mol. The minimum absolute atomic E-state index is 0.0624. The Balaban J connectivity index is 3.77. The first-order valence-corrected chi connectivity index (χ1v) is 3.92. The molecule has 3 nitrogen and oxygen atoms in total. The lowest BCUT2D eigenvalue weighted by molar-refractivity contribution is 0.0439. The Hall–Kier alpha value is -0.120. The molecule has 3 heteroatoms. The summed E-state index contributed by atoms with van der Waals surface area (Å²) in [6.45, 7) is 5.78. The van der Waals surface area contributed by atoms with E-state index in [2.05, 4.69) is 0 Å². The second-order valence-electron chi connectivity index (χ2n) is 4.06. The highest BCUT2D eigenvalue weighted by Crippen LogP contribution is 2.21. The molecule has 0 aromatic carbocycles. The van der Waals surface area contributed by atoms with Gasteiger partial charge in [0.25, 0.3) is 0 Å². The first-order valence-electron chi connectivity index (χ1n) is 3.92. The van der Waals surface area contributed by atoms with Crippen molar-refractivity contribution in [3.8, 4) is 0 Å². The van der Waals surface area contributed by atoms with Crippen molar-refractivity contribution in [3.63, 3.8) is 0 Å². The van der Waals surface area contributed by atoms with E-state index in [9.17, 15) is 5.11 Å². The van der Waals surface area contributed by atoms with Gasteiger partial charge in [0.2, 0.25) is 0 Å². The Kier molecular flexibility index (Phi) is 4.00. The predicted molar refractivity (Wildman–Crippen MR) is 45.1 cm³/mol. The molecule has 0 unspecified atom stereocenters. The fourth-order valence-electron chi connectivity index (χ4n) is 0.715. The zero-order valence-electron chi connectivity index (χ0n) is 7.54. The second-order valence-corrected chi connectivity index (χ2v) is 4.06. The molecule has 2 atom stereocenters. The van der Waals surface area contributed by atoms with Gasteiger partial charge in [-0.25, -0.2) is 0 Å². The maximum absolute atomic E-state index is 9.50. The average molecular weight is 161 g/mol. The summed E-state index contributed by atoms with van der Waals surface area (Å²) in [6.07, 6.45) is 0.0182. The van der Waals surface area contributed by atoms with E-state index >= 15 is 0 Å². The summed E-state index contributed by atoms with van der Waals surface area (Å²) in [7, 11) is 0. The molecule has 0 rings (SSSR count). The number of rotatable bonds is 3. The average Bonchev–Trinajstić information content (AvgIpc) is 1.85. The summed E-state index contributed by atoms with van der Waals surface area (Å²) in [5.41, 5.74) is 5.31. The third-order valence-electron chi connectivity index (χ3n) is 1.76. The zero-order chi connectivity index (χ0) is 9.07. The number of hydrogen-bond donors (Lipinski definition) is 3. The minimum atomic E-state index is -0.440. The monoisotopic (exact) mass is 161 g/mol. The molecule has 0 aliphatic heterocycles. The van der Waals surface area contributed by atoms with Crippen LogP contribution < -0.4 is 5.73 Å². The quantitative estimate of drug-likeness (QED) is 0.550. The lowest BCUT2D eigenvalue weighted by Gasteiger charge is -2.27. The molecular formula is C8H19NO2. The SMILES string of the molecule is CC(C)(C)[C@@H](O)C[C@@H](N)CO. The number of nitrogens with two attached hydrogens (primary N) is 1. The molecule has 0 amide bonds. The molecule has 0 heterocycles.